The molecule has 8 heteroatoms. The second-order valence-corrected chi connectivity index (χ2v) is 7.19. The summed E-state index contributed by atoms with van der Waals surface area (Å²) in [6.45, 7) is 1.96. The molecule has 0 unspecified atom stereocenters. The van der Waals surface area contributed by atoms with Crippen molar-refractivity contribution in [2.24, 2.45) is 0 Å². The van der Waals surface area contributed by atoms with E-state index < -0.39 is 11.9 Å². The SMILES string of the molecule is CCOC(=O)c1c(-c2ccccc2)csc1NC(=O)c1cc(OC)c(OC)c(OC)c1. The first-order chi connectivity index (χ1) is 15.0. The van der Waals surface area contributed by atoms with Gasteiger partial charge in [0.2, 0.25) is 5.75 Å². The van der Waals surface area contributed by atoms with Crippen LogP contribution in [0.25, 0.3) is 11.1 Å². The number of anilines is 1. The van der Waals surface area contributed by atoms with E-state index in [-0.39, 0.29) is 6.61 Å². The number of ether oxygens (including phenoxy) is 4. The van der Waals surface area contributed by atoms with Gasteiger partial charge in [0.05, 0.1) is 27.9 Å². The molecular weight excluding hydrogens is 418 g/mol. The van der Waals surface area contributed by atoms with Gasteiger partial charge in [0.1, 0.15) is 10.6 Å². The topological polar surface area (TPSA) is 83.1 Å². The molecule has 0 radical (unpaired) electrons. The summed E-state index contributed by atoms with van der Waals surface area (Å²) in [5, 5.41) is 5.05. The lowest BCUT2D eigenvalue weighted by Crippen LogP contribution is -2.15. The van der Waals surface area contributed by atoms with Gasteiger partial charge in [0.15, 0.2) is 11.5 Å². The van der Waals surface area contributed by atoms with E-state index in [4.69, 9.17) is 18.9 Å². The first-order valence-corrected chi connectivity index (χ1v) is 10.4. The molecule has 0 fully saturated rings. The van der Waals surface area contributed by atoms with Gasteiger partial charge in [0, 0.05) is 16.5 Å². The van der Waals surface area contributed by atoms with E-state index in [9.17, 15) is 9.59 Å². The van der Waals surface area contributed by atoms with Crippen molar-refractivity contribution in [3.63, 3.8) is 0 Å². The molecule has 7 nitrogen and oxygen atoms in total. The largest absolute Gasteiger partial charge is 0.493 e. The predicted octanol–water partition coefficient (Wildman–Crippen LogP) is 4.87. The molecule has 0 bridgehead atoms. The van der Waals surface area contributed by atoms with E-state index in [0.717, 1.165) is 5.56 Å². The average molecular weight is 442 g/mol. The number of hydrogen-bond donors (Lipinski definition) is 1. The van der Waals surface area contributed by atoms with Gasteiger partial charge in [-0.15, -0.1) is 11.3 Å². The second kappa shape index (κ2) is 9.99. The number of rotatable bonds is 8. The maximum atomic E-state index is 13.0. The number of esters is 1. The van der Waals surface area contributed by atoms with Gasteiger partial charge in [-0.05, 0) is 24.6 Å². The van der Waals surface area contributed by atoms with Crippen LogP contribution in [-0.4, -0.2) is 39.8 Å². The van der Waals surface area contributed by atoms with Crippen LogP contribution in [-0.2, 0) is 4.74 Å². The molecule has 2 aromatic carbocycles. The minimum absolute atomic E-state index is 0.225. The smallest absolute Gasteiger partial charge is 0.341 e. The van der Waals surface area contributed by atoms with Crippen LogP contribution in [0.15, 0.2) is 47.8 Å². The van der Waals surface area contributed by atoms with Gasteiger partial charge in [-0.25, -0.2) is 4.79 Å². The average Bonchev–Trinajstić information content (AvgIpc) is 3.22. The van der Waals surface area contributed by atoms with Gasteiger partial charge in [-0.1, -0.05) is 30.3 Å². The van der Waals surface area contributed by atoms with Crippen molar-refractivity contribution in [1.29, 1.82) is 0 Å². The normalized spacial score (nSPS) is 10.3. The van der Waals surface area contributed by atoms with Gasteiger partial charge in [0.25, 0.3) is 5.91 Å². The van der Waals surface area contributed by atoms with Crippen molar-refractivity contribution in [2.75, 3.05) is 33.3 Å². The zero-order valence-electron chi connectivity index (χ0n) is 17.7. The molecule has 1 aromatic heterocycles. The highest BCUT2D eigenvalue weighted by Crippen LogP contribution is 2.39. The van der Waals surface area contributed by atoms with Gasteiger partial charge >= 0.3 is 5.97 Å². The lowest BCUT2D eigenvalue weighted by atomic mass is 10.0. The summed E-state index contributed by atoms with van der Waals surface area (Å²) >= 11 is 1.26. The van der Waals surface area contributed by atoms with Crippen LogP contribution in [0, 0.1) is 0 Å². The molecule has 0 aliphatic carbocycles. The summed E-state index contributed by atoms with van der Waals surface area (Å²) < 4.78 is 21.2. The van der Waals surface area contributed by atoms with E-state index >= 15 is 0 Å². The first-order valence-electron chi connectivity index (χ1n) is 9.49. The van der Waals surface area contributed by atoms with Gasteiger partial charge in [-0.3, -0.25) is 4.79 Å². The quantitative estimate of drug-likeness (QED) is 0.502. The van der Waals surface area contributed by atoms with Gasteiger partial charge < -0.3 is 24.3 Å². The minimum atomic E-state index is -0.497. The molecule has 3 aromatic rings. The lowest BCUT2D eigenvalue weighted by molar-refractivity contribution is 0.0529. The Morgan fingerprint density at radius 2 is 1.61 bits per heavy atom. The molecular formula is C23H23NO6S. The van der Waals surface area contributed by atoms with Gasteiger partial charge in [-0.2, -0.15) is 0 Å². The summed E-state index contributed by atoms with van der Waals surface area (Å²) in [5.41, 5.74) is 2.16. The van der Waals surface area contributed by atoms with E-state index in [1.807, 2.05) is 35.7 Å². The highest BCUT2D eigenvalue weighted by molar-refractivity contribution is 7.15. The number of nitrogens with one attached hydrogen (secondary N) is 1. The molecule has 3 rings (SSSR count). The zero-order chi connectivity index (χ0) is 22.4. The highest BCUT2D eigenvalue weighted by atomic mass is 32.1. The van der Waals surface area contributed by atoms with Crippen LogP contribution < -0.4 is 19.5 Å². The Labute approximate surface area is 184 Å². The number of carbonyl (C=O) groups is 2. The number of methoxy groups -OCH3 is 3. The van der Waals surface area contributed by atoms with Crippen LogP contribution in [0.3, 0.4) is 0 Å². The molecule has 1 heterocycles. The van der Waals surface area contributed by atoms with E-state index in [0.29, 0.717) is 38.9 Å². The Hall–Kier alpha value is -3.52. The maximum Gasteiger partial charge on any atom is 0.341 e. The lowest BCUT2D eigenvalue weighted by Gasteiger charge is -2.14. The molecule has 31 heavy (non-hydrogen) atoms. The molecule has 0 spiro atoms. The number of thiophene rings is 1. The zero-order valence-corrected chi connectivity index (χ0v) is 18.5. The van der Waals surface area contributed by atoms with Crippen LogP contribution >= 0.6 is 11.3 Å². The summed E-state index contributed by atoms with van der Waals surface area (Å²) in [7, 11) is 4.44. The molecule has 0 saturated carbocycles. The highest BCUT2D eigenvalue weighted by Gasteiger charge is 2.24. The van der Waals surface area contributed by atoms with E-state index in [2.05, 4.69) is 5.32 Å². The Balaban J connectivity index is 2.00. The standard InChI is InChI=1S/C23H23NO6S/c1-5-30-23(26)19-16(14-9-7-6-8-10-14)13-31-22(19)24-21(25)15-11-17(27-2)20(29-4)18(12-15)28-3/h6-13H,5H2,1-4H3,(H,24,25). The third kappa shape index (κ3) is 4.64. The number of amides is 1. The Bertz CT molecular complexity index is 1050. The third-order valence-corrected chi connectivity index (χ3v) is 5.40. The fourth-order valence-electron chi connectivity index (χ4n) is 3.07. The molecule has 0 atom stereocenters. The van der Waals surface area contributed by atoms with Crippen molar-refractivity contribution in [3.05, 3.63) is 59.0 Å². The summed E-state index contributed by atoms with van der Waals surface area (Å²) in [6, 6.07) is 12.6. The minimum Gasteiger partial charge on any atom is -0.493 e. The Morgan fingerprint density at radius 3 is 2.16 bits per heavy atom. The van der Waals surface area contributed by atoms with Crippen LogP contribution in [0.5, 0.6) is 17.2 Å². The number of carbonyl (C=O) groups excluding carboxylic acids is 2. The molecule has 0 saturated heterocycles. The molecule has 1 amide bonds. The van der Waals surface area contributed by atoms with Crippen molar-refractivity contribution < 1.29 is 28.5 Å². The fraction of sp³-hybridized carbons (Fsp3) is 0.217. The van der Waals surface area contributed by atoms with E-state index in [1.54, 1.807) is 19.1 Å². The molecule has 1 N–H and O–H groups in total. The fourth-order valence-corrected chi connectivity index (χ4v) is 4.03. The summed E-state index contributed by atoms with van der Waals surface area (Å²) in [4.78, 5) is 25.7. The van der Waals surface area contributed by atoms with Crippen molar-refractivity contribution in [1.82, 2.24) is 0 Å². The summed E-state index contributed by atoms with van der Waals surface area (Å²) in [5.74, 6) is 0.174. The monoisotopic (exact) mass is 441 g/mol. The van der Waals surface area contributed by atoms with Crippen molar-refractivity contribution in [2.45, 2.75) is 6.92 Å². The number of hydrogen-bond acceptors (Lipinski definition) is 7. The third-order valence-electron chi connectivity index (χ3n) is 4.51. The molecule has 162 valence electrons. The maximum absolute atomic E-state index is 13.0. The van der Waals surface area contributed by atoms with Crippen LogP contribution in [0.2, 0.25) is 0 Å². The van der Waals surface area contributed by atoms with Crippen molar-refractivity contribution in [3.8, 4) is 28.4 Å². The first kappa shape index (κ1) is 22.2. The molecule has 0 aliphatic heterocycles. The molecule has 0 aliphatic rings. The Morgan fingerprint density at radius 1 is 0.968 bits per heavy atom. The summed E-state index contributed by atoms with van der Waals surface area (Å²) in [6.07, 6.45) is 0. The predicted molar refractivity (Wildman–Crippen MR) is 120 cm³/mol. The van der Waals surface area contributed by atoms with Crippen LogP contribution in [0.1, 0.15) is 27.6 Å². The van der Waals surface area contributed by atoms with Crippen LogP contribution in [0.4, 0.5) is 5.00 Å². The second-order valence-electron chi connectivity index (χ2n) is 6.31. The number of benzene rings is 2. The van der Waals surface area contributed by atoms with Crippen molar-refractivity contribution >= 4 is 28.2 Å². The Kier molecular flexibility index (Phi) is 7.15. The van der Waals surface area contributed by atoms with E-state index in [1.165, 1.54) is 32.7 Å².